The first-order valence-corrected chi connectivity index (χ1v) is 5.92. The van der Waals surface area contributed by atoms with Crippen LogP contribution in [0.1, 0.15) is 18.9 Å². The Morgan fingerprint density at radius 1 is 1.44 bits per heavy atom. The van der Waals surface area contributed by atoms with Gasteiger partial charge in [0.1, 0.15) is 5.65 Å². The van der Waals surface area contributed by atoms with E-state index in [4.69, 9.17) is 0 Å². The molecule has 2 aromatic heterocycles. The number of nitrogens with zero attached hydrogens (tertiary/aromatic N) is 2. The highest BCUT2D eigenvalue weighted by Gasteiger charge is 2.06. The quantitative estimate of drug-likeness (QED) is 0.753. The summed E-state index contributed by atoms with van der Waals surface area (Å²) in [5.41, 5.74) is 0.498. The van der Waals surface area contributed by atoms with Gasteiger partial charge < -0.3 is 5.32 Å². The maximum atomic E-state index is 11.7. The minimum absolute atomic E-state index is 0.391. The van der Waals surface area contributed by atoms with Crippen molar-refractivity contribution in [2.24, 2.45) is 7.05 Å². The molecule has 0 atom stereocenters. The number of fused-ring (bicyclic) bond motifs is 1. The van der Waals surface area contributed by atoms with E-state index < -0.39 is 11.2 Å². The molecule has 0 aromatic carbocycles. The standard InChI is InChI=1S/C12H16N4O2/c1-3-4-13-6-8-5-9-10(14-7-8)16(2)12(18)15-11(9)17/h5,7,13H,3-4,6H2,1-2H3,(H,15,17,18). The lowest BCUT2D eigenvalue weighted by atomic mass is 10.2. The van der Waals surface area contributed by atoms with Crippen molar-refractivity contribution in [1.29, 1.82) is 0 Å². The van der Waals surface area contributed by atoms with E-state index in [0.29, 0.717) is 17.6 Å². The van der Waals surface area contributed by atoms with Crippen LogP contribution in [0.4, 0.5) is 0 Å². The minimum atomic E-state index is -0.447. The van der Waals surface area contributed by atoms with E-state index in [2.05, 4.69) is 22.2 Å². The van der Waals surface area contributed by atoms with Crippen LogP contribution < -0.4 is 16.6 Å². The van der Waals surface area contributed by atoms with Gasteiger partial charge in [-0.15, -0.1) is 0 Å². The van der Waals surface area contributed by atoms with Crippen LogP contribution >= 0.6 is 0 Å². The zero-order valence-electron chi connectivity index (χ0n) is 10.5. The number of aryl methyl sites for hydroxylation is 1. The minimum Gasteiger partial charge on any atom is -0.313 e. The number of hydrogen-bond acceptors (Lipinski definition) is 4. The van der Waals surface area contributed by atoms with Crippen molar-refractivity contribution >= 4 is 11.0 Å². The Hall–Kier alpha value is -1.95. The van der Waals surface area contributed by atoms with Crippen LogP contribution in [-0.2, 0) is 13.6 Å². The molecule has 0 aliphatic rings. The van der Waals surface area contributed by atoms with Crippen molar-refractivity contribution in [2.45, 2.75) is 19.9 Å². The van der Waals surface area contributed by atoms with E-state index in [1.807, 2.05) is 0 Å². The van der Waals surface area contributed by atoms with Gasteiger partial charge in [0.25, 0.3) is 5.56 Å². The summed E-state index contributed by atoms with van der Waals surface area (Å²) in [4.78, 5) is 29.6. The van der Waals surface area contributed by atoms with Crippen molar-refractivity contribution in [3.63, 3.8) is 0 Å². The Labute approximate surface area is 104 Å². The van der Waals surface area contributed by atoms with E-state index in [1.54, 1.807) is 19.3 Å². The number of nitrogens with one attached hydrogen (secondary N) is 2. The third-order valence-corrected chi connectivity index (χ3v) is 2.77. The lowest BCUT2D eigenvalue weighted by Crippen LogP contribution is -2.29. The normalized spacial score (nSPS) is 11.0. The summed E-state index contributed by atoms with van der Waals surface area (Å²) in [6, 6.07) is 1.77. The molecule has 0 fully saturated rings. The first kappa shape index (κ1) is 12.5. The van der Waals surface area contributed by atoms with Crippen molar-refractivity contribution in [1.82, 2.24) is 19.9 Å². The smallest absolute Gasteiger partial charge is 0.313 e. The Morgan fingerprint density at radius 2 is 2.22 bits per heavy atom. The zero-order chi connectivity index (χ0) is 13.1. The summed E-state index contributed by atoms with van der Waals surface area (Å²) in [7, 11) is 1.59. The Bertz CT molecular complexity index is 672. The van der Waals surface area contributed by atoms with Gasteiger partial charge in [0.05, 0.1) is 5.39 Å². The summed E-state index contributed by atoms with van der Waals surface area (Å²) in [5.74, 6) is 0. The average molecular weight is 248 g/mol. The van der Waals surface area contributed by atoms with E-state index in [0.717, 1.165) is 18.5 Å². The number of pyridine rings is 1. The molecule has 18 heavy (non-hydrogen) atoms. The fourth-order valence-corrected chi connectivity index (χ4v) is 1.79. The molecule has 0 aliphatic heterocycles. The van der Waals surface area contributed by atoms with Gasteiger partial charge >= 0.3 is 5.69 Å². The summed E-state index contributed by atoms with van der Waals surface area (Å²) < 4.78 is 1.33. The molecule has 0 saturated carbocycles. The fourth-order valence-electron chi connectivity index (χ4n) is 1.79. The van der Waals surface area contributed by atoms with Crippen LogP contribution in [0.15, 0.2) is 21.9 Å². The van der Waals surface area contributed by atoms with Crippen LogP contribution in [0, 0.1) is 0 Å². The maximum absolute atomic E-state index is 11.7. The van der Waals surface area contributed by atoms with Gasteiger partial charge in [-0.2, -0.15) is 0 Å². The monoisotopic (exact) mass is 248 g/mol. The molecule has 2 N–H and O–H groups in total. The molecule has 96 valence electrons. The highest BCUT2D eigenvalue weighted by Crippen LogP contribution is 2.06. The van der Waals surface area contributed by atoms with Gasteiger partial charge in [-0.05, 0) is 24.6 Å². The third kappa shape index (κ3) is 2.33. The van der Waals surface area contributed by atoms with E-state index in [9.17, 15) is 9.59 Å². The van der Waals surface area contributed by atoms with Crippen LogP contribution in [0.3, 0.4) is 0 Å². The van der Waals surface area contributed by atoms with Gasteiger partial charge in [0, 0.05) is 19.8 Å². The molecular weight excluding hydrogens is 232 g/mol. The number of hydrogen-bond donors (Lipinski definition) is 2. The molecule has 2 rings (SSSR count). The molecule has 0 amide bonds. The van der Waals surface area contributed by atoms with E-state index in [-0.39, 0.29) is 0 Å². The maximum Gasteiger partial charge on any atom is 0.329 e. The fraction of sp³-hybridized carbons (Fsp3) is 0.417. The van der Waals surface area contributed by atoms with Crippen LogP contribution in [0.5, 0.6) is 0 Å². The van der Waals surface area contributed by atoms with Crippen LogP contribution in [-0.4, -0.2) is 21.1 Å². The van der Waals surface area contributed by atoms with Crippen LogP contribution in [0.25, 0.3) is 11.0 Å². The summed E-state index contributed by atoms with van der Waals surface area (Å²) in [6.45, 7) is 3.67. The second kappa shape index (κ2) is 5.14. The molecule has 6 heteroatoms. The van der Waals surface area contributed by atoms with Crippen LogP contribution in [0.2, 0.25) is 0 Å². The molecule has 6 nitrogen and oxygen atoms in total. The highest BCUT2D eigenvalue weighted by atomic mass is 16.2. The number of rotatable bonds is 4. The Balaban J connectivity index is 2.46. The van der Waals surface area contributed by atoms with Crippen molar-refractivity contribution in [3.05, 3.63) is 38.7 Å². The number of aromatic nitrogens is 3. The molecular formula is C12H16N4O2. The predicted molar refractivity (Wildman–Crippen MR) is 69.6 cm³/mol. The zero-order valence-corrected chi connectivity index (χ0v) is 10.5. The highest BCUT2D eigenvalue weighted by molar-refractivity contribution is 5.74. The molecule has 2 aromatic rings. The molecule has 0 radical (unpaired) electrons. The van der Waals surface area contributed by atoms with Crippen molar-refractivity contribution in [3.8, 4) is 0 Å². The first-order chi connectivity index (χ1) is 8.63. The van der Waals surface area contributed by atoms with Gasteiger partial charge in [-0.25, -0.2) is 9.78 Å². The van der Waals surface area contributed by atoms with E-state index >= 15 is 0 Å². The topological polar surface area (TPSA) is 79.8 Å². The largest absolute Gasteiger partial charge is 0.329 e. The molecule has 0 aliphatic carbocycles. The molecule has 0 spiro atoms. The second-order valence-corrected chi connectivity index (χ2v) is 4.21. The summed E-state index contributed by atoms with van der Waals surface area (Å²) in [6.07, 6.45) is 2.74. The Kier molecular flexibility index (Phi) is 3.57. The number of aromatic amines is 1. The predicted octanol–water partition coefficient (Wildman–Crippen LogP) is 0.121. The SMILES string of the molecule is CCCNCc1cnc2c(c1)c(=O)[nH]c(=O)n2C. The molecule has 2 heterocycles. The second-order valence-electron chi connectivity index (χ2n) is 4.21. The Morgan fingerprint density at radius 3 is 2.94 bits per heavy atom. The van der Waals surface area contributed by atoms with Gasteiger partial charge in [0.15, 0.2) is 0 Å². The molecule has 0 bridgehead atoms. The first-order valence-electron chi connectivity index (χ1n) is 5.92. The lowest BCUT2D eigenvalue weighted by Gasteiger charge is -2.06. The van der Waals surface area contributed by atoms with Gasteiger partial charge in [0.2, 0.25) is 0 Å². The third-order valence-electron chi connectivity index (χ3n) is 2.77. The van der Waals surface area contributed by atoms with E-state index in [1.165, 1.54) is 4.57 Å². The van der Waals surface area contributed by atoms with Crippen molar-refractivity contribution < 1.29 is 0 Å². The summed E-state index contributed by atoms with van der Waals surface area (Å²) >= 11 is 0. The molecule has 0 saturated heterocycles. The van der Waals surface area contributed by atoms with Gasteiger partial charge in [-0.3, -0.25) is 14.3 Å². The summed E-state index contributed by atoms with van der Waals surface area (Å²) in [5, 5.41) is 3.68. The average Bonchev–Trinajstić information content (AvgIpc) is 2.36. The lowest BCUT2D eigenvalue weighted by molar-refractivity contribution is 0.674. The van der Waals surface area contributed by atoms with Crippen molar-refractivity contribution in [2.75, 3.05) is 6.54 Å². The van der Waals surface area contributed by atoms with Gasteiger partial charge in [-0.1, -0.05) is 6.92 Å². The molecule has 0 unspecified atom stereocenters. The number of H-pyrrole nitrogens is 1.